The Morgan fingerprint density at radius 3 is 2.37 bits per heavy atom. The summed E-state index contributed by atoms with van der Waals surface area (Å²) < 4.78 is 26.0. The standard InChI is InChI=1S/C22H21ClN2O3S2/c1-29-20-8-5-7-18(14-20)24-22(26)16-10-12-19(13-11-16)25(30(2,27)28)15-17-6-3-4-9-21(17)23/h3-14H,15H2,1-2H3,(H,24,26). The lowest BCUT2D eigenvalue weighted by atomic mass is 10.1. The third-order valence-corrected chi connectivity index (χ3v) is 6.65. The van der Waals surface area contributed by atoms with Crippen LogP contribution in [0.3, 0.4) is 0 Å². The molecule has 0 unspecified atom stereocenters. The molecule has 0 aliphatic rings. The summed E-state index contributed by atoms with van der Waals surface area (Å²) in [6, 6.07) is 21.1. The predicted molar refractivity (Wildman–Crippen MR) is 125 cm³/mol. The Bertz CT molecular complexity index is 1150. The number of benzene rings is 3. The van der Waals surface area contributed by atoms with E-state index in [9.17, 15) is 13.2 Å². The molecule has 1 amide bonds. The Labute approximate surface area is 186 Å². The molecule has 0 saturated carbocycles. The van der Waals surface area contributed by atoms with Crippen LogP contribution in [-0.4, -0.2) is 26.8 Å². The number of carbonyl (C=O) groups excluding carboxylic acids is 1. The van der Waals surface area contributed by atoms with Crippen molar-refractivity contribution < 1.29 is 13.2 Å². The minimum absolute atomic E-state index is 0.103. The zero-order chi connectivity index (χ0) is 21.7. The Morgan fingerprint density at radius 1 is 1.03 bits per heavy atom. The fourth-order valence-electron chi connectivity index (χ4n) is 2.86. The molecule has 0 saturated heterocycles. The maximum Gasteiger partial charge on any atom is 0.255 e. The SMILES string of the molecule is CSc1cccc(NC(=O)c2ccc(N(Cc3ccccc3Cl)S(C)(=O)=O)cc2)c1. The first kappa shape index (κ1) is 22.2. The van der Waals surface area contributed by atoms with E-state index in [1.807, 2.05) is 30.5 Å². The first-order valence-corrected chi connectivity index (χ1v) is 12.5. The van der Waals surface area contributed by atoms with Gasteiger partial charge in [0, 0.05) is 21.2 Å². The van der Waals surface area contributed by atoms with Crippen LogP contribution in [0, 0.1) is 0 Å². The number of sulfonamides is 1. The van der Waals surface area contributed by atoms with E-state index in [-0.39, 0.29) is 12.5 Å². The molecule has 0 aromatic heterocycles. The highest BCUT2D eigenvalue weighted by Crippen LogP contribution is 2.25. The van der Waals surface area contributed by atoms with Gasteiger partial charge in [0.05, 0.1) is 18.5 Å². The molecule has 0 heterocycles. The summed E-state index contributed by atoms with van der Waals surface area (Å²) in [6.07, 6.45) is 3.11. The number of rotatable bonds is 7. The van der Waals surface area contributed by atoms with Crippen LogP contribution in [0.4, 0.5) is 11.4 Å². The van der Waals surface area contributed by atoms with Crippen LogP contribution in [0.15, 0.2) is 77.7 Å². The summed E-state index contributed by atoms with van der Waals surface area (Å²) in [4.78, 5) is 13.6. The number of halogens is 1. The van der Waals surface area contributed by atoms with E-state index in [1.54, 1.807) is 60.3 Å². The molecule has 0 aliphatic carbocycles. The van der Waals surface area contributed by atoms with Crippen molar-refractivity contribution in [1.82, 2.24) is 0 Å². The van der Waals surface area contributed by atoms with E-state index in [0.717, 1.165) is 11.2 Å². The highest BCUT2D eigenvalue weighted by molar-refractivity contribution is 7.98. The van der Waals surface area contributed by atoms with Gasteiger partial charge in [-0.2, -0.15) is 0 Å². The van der Waals surface area contributed by atoms with Gasteiger partial charge in [-0.3, -0.25) is 9.10 Å². The number of amides is 1. The largest absolute Gasteiger partial charge is 0.322 e. The van der Waals surface area contributed by atoms with Gasteiger partial charge in [0.15, 0.2) is 0 Å². The number of anilines is 2. The second kappa shape index (κ2) is 9.55. The monoisotopic (exact) mass is 460 g/mol. The minimum atomic E-state index is -3.55. The molecule has 1 N–H and O–H groups in total. The van der Waals surface area contributed by atoms with E-state index < -0.39 is 10.0 Å². The molecular formula is C22H21ClN2O3S2. The van der Waals surface area contributed by atoms with Crippen molar-refractivity contribution in [3.05, 3.63) is 88.9 Å². The zero-order valence-corrected chi connectivity index (χ0v) is 18.9. The summed E-state index contributed by atoms with van der Waals surface area (Å²) in [6.45, 7) is 0.103. The smallest absolute Gasteiger partial charge is 0.255 e. The number of nitrogens with zero attached hydrogens (tertiary/aromatic N) is 1. The van der Waals surface area contributed by atoms with Gasteiger partial charge < -0.3 is 5.32 Å². The quantitative estimate of drug-likeness (QED) is 0.487. The van der Waals surface area contributed by atoms with Gasteiger partial charge in [0.1, 0.15) is 0 Å². The molecule has 0 atom stereocenters. The maximum absolute atomic E-state index is 12.6. The number of thioether (sulfide) groups is 1. The Hall–Kier alpha value is -2.48. The van der Waals surface area contributed by atoms with E-state index in [4.69, 9.17) is 11.6 Å². The average molecular weight is 461 g/mol. The van der Waals surface area contributed by atoms with Crippen molar-refractivity contribution in [2.24, 2.45) is 0 Å². The molecule has 0 spiro atoms. The van der Waals surface area contributed by atoms with Crippen LogP contribution in [0.25, 0.3) is 0 Å². The average Bonchev–Trinajstić information content (AvgIpc) is 2.72. The molecule has 3 rings (SSSR count). The normalized spacial score (nSPS) is 11.2. The zero-order valence-electron chi connectivity index (χ0n) is 16.5. The maximum atomic E-state index is 12.6. The first-order valence-electron chi connectivity index (χ1n) is 9.04. The van der Waals surface area contributed by atoms with Crippen molar-refractivity contribution in [3.63, 3.8) is 0 Å². The molecule has 156 valence electrons. The number of hydrogen-bond acceptors (Lipinski definition) is 4. The summed E-state index contributed by atoms with van der Waals surface area (Å²) in [5.41, 5.74) is 2.28. The van der Waals surface area contributed by atoms with Crippen molar-refractivity contribution in [2.45, 2.75) is 11.4 Å². The van der Waals surface area contributed by atoms with Crippen LogP contribution < -0.4 is 9.62 Å². The topological polar surface area (TPSA) is 66.5 Å². The summed E-state index contributed by atoms with van der Waals surface area (Å²) in [7, 11) is -3.55. The fourth-order valence-corrected chi connectivity index (χ4v) is 4.40. The van der Waals surface area contributed by atoms with Crippen LogP contribution >= 0.6 is 23.4 Å². The Balaban J connectivity index is 1.81. The molecule has 5 nitrogen and oxygen atoms in total. The van der Waals surface area contributed by atoms with Crippen molar-refractivity contribution in [3.8, 4) is 0 Å². The van der Waals surface area contributed by atoms with Crippen molar-refractivity contribution >= 4 is 50.7 Å². The van der Waals surface area contributed by atoms with Crippen LogP contribution in [-0.2, 0) is 16.6 Å². The lowest BCUT2D eigenvalue weighted by molar-refractivity contribution is 0.102. The highest BCUT2D eigenvalue weighted by atomic mass is 35.5. The Kier molecular flexibility index (Phi) is 7.07. The van der Waals surface area contributed by atoms with Gasteiger partial charge in [0.2, 0.25) is 10.0 Å². The fraction of sp³-hybridized carbons (Fsp3) is 0.136. The molecule has 0 bridgehead atoms. The van der Waals surface area contributed by atoms with E-state index in [2.05, 4.69) is 5.32 Å². The van der Waals surface area contributed by atoms with E-state index >= 15 is 0 Å². The highest BCUT2D eigenvalue weighted by Gasteiger charge is 2.19. The molecular weight excluding hydrogens is 440 g/mol. The second-order valence-corrected chi connectivity index (χ2v) is 9.79. The van der Waals surface area contributed by atoms with Gasteiger partial charge >= 0.3 is 0 Å². The first-order chi connectivity index (χ1) is 14.3. The summed E-state index contributed by atoms with van der Waals surface area (Å²) in [5.74, 6) is -0.267. The molecule has 30 heavy (non-hydrogen) atoms. The van der Waals surface area contributed by atoms with Gasteiger partial charge in [-0.25, -0.2) is 8.42 Å². The van der Waals surface area contributed by atoms with Gasteiger partial charge in [-0.05, 0) is 60.4 Å². The number of nitrogens with one attached hydrogen (secondary N) is 1. The third kappa shape index (κ3) is 5.56. The van der Waals surface area contributed by atoms with Crippen LogP contribution in [0.1, 0.15) is 15.9 Å². The summed E-state index contributed by atoms with van der Waals surface area (Å²) in [5, 5.41) is 3.35. The number of hydrogen-bond donors (Lipinski definition) is 1. The van der Waals surface area contributed by atoms with E-state index in [0.29, 0.717) is 27.5 Å². The van der Waals surface area contributed by atoms with Crippen LogP contribution in [0.5, 0.6) is 0 Å². The van der Waals surface area contributed by atoms with Gasteiger partial charge in [0.25, 0.3) is 5.91 Å². The third-order valence-electron chi connectivity index (χ3n) is 4.42. The van der Waals surface area contributed by atoms with Crippen molar-refractivity contribution in [2.75, 3.05) is 22.1 Å². The Morgan fingerprint density at radius 2 is 1.73 bits per heavy atom. The van der Waals surface area contributed by atoms with Gasteiger partial charge in [-0.1, -0.05) is 35.9 Å². The molecule has 0 radical (unpaired) electrons. The second-order valence-electron chi connectivity index (χ2n) is 6.59. The molecule has 0 aliphatic heterocycles. The molecule has 0 fully saturated rings. The number of carbonyl (C=O) groups is 1. The molecule has 3 aromatic rings. The lowest BCUT2D eigenvalue weighted by Gasteiger charge is -2.23. The van der Waals surface area contributed by atoms with Crippen LogP contribution in [0.2, 0.25) is 5.02 Å². The lowest BCUT2D eigenvalue weighted by Crippen LogP contribution is -2.29. The van der Waals surface area contributed by atoms with Crippen molar-refractivity contribution in [1.29, 1.82) is 0 Å². The summed E-state index contributed by atoms with van der Waals surface area (Å²) >= 11 is 7.79. The predicted octanol–water partition coefficient (Wildman–Crippen LogP) is 5.28. The van der Waals surface area contributed by atoms with E-state index in [1.165, 1.54) is 4.31 Å². The molecule has 3 aromatic carbocycles. The minimum Gasteiger partial charge on any atom is -0.322 e. The van der Waals surface area contributed by atoms with Gasteiger partial charge in [-0.15, -0.1) is 11.8 Å². The molecule has 8 heteroatoms.